The molecule has 1 aliphatic rings. The van der Waals surface area contributed by atoms with Gasteiger partial charge in [-0.1, -0.05) is 12.1 Å². The summed E-state index contributed by atoms with van der Waals surface area (Å²) in [5, 5.41) is 12.3. The van der Waals surface area contributed by atoms with Crippen LogP contribution in [0.4, 0.5) is 11.5 Å². The highest BCUT2D eigenvalue weighted by molar-refractivity contribution is 5.93. The van der Waals surface area contributed by atoms with E-state index in [1.807, 2.05) is 18.2 Å². The minimum absolute atomic E-state index is 0.0764. The molecule has 0 radical (unpaired) electrons. The quantitative estimate of drug-likeness (QED) is 0.702. The zero-order chi connectivity index (χ0) is 20.6. The fourth-order valence-corrected chi connectivity index (χ4v) is 3.38. The van der Waals surface area contributed by atoms with Gasteiger partial charge in [-0.15, -0.1) is 0 Å². The summed E-state index contributed by atoms with van der Waals surface area (Å²) < 4.78 is 5.14. The van der Waals surface area contributed by atoms with Crippen LogP contribution in [0.25, 0.3) is 0 Å². The van der Waals surface area contributed by atoms with Crippen LogP contribution in [0.3, 0.4) is 0 Å². The number of aliphatic carboxylic acids is 1. The third-order valence-corrected chi connectivity index (χ3v) is 4.96. The highest BCUT2D eigenvalue weighted by Crippen LogP contribution is 2.18. The van der Waals surface area contributed by atoms with Gasteiger partial charge in [0, 0.05) is 57.1 Å². The average Bonchev–Trinajstić information content (AvgIpc) is 2.74. The number of carboxylic acids is 1. The number of carbonyl (C=O) groups is 2. The van der Waals surface area contributed by atoms with Crippen LogP contribution in [0.1, 0.15) is 6.42 Å². The minimum Gasteiger partial charge on any atom is -0.497 e. The van der Waals surface area contributed by atoms with Crippen molar-refractivity contribution in [2.75, 3.05) is 50.1 Å². The summed E-state index contributed by atoms with van der Waals surface area (Å²) in [6, 6.07) is 12.8. The van der Waals surface area contributed by atoms with Gasteiger partial charge in [-0.2, -0.15) is 0 Å². The first kappa shape index (κ1) is 20.6. The smallest absolute Gasteiger partial charge is 0.308 e. The Bertz CT molecular complexity index is 822. The van der Waals surface area contributed by atoms with Gasteiger partial charge in [-0.25, -0.2) is 4.98 Å². The van der Waals surface area contributed by atoms with Gasteiger partial charge >= 0.3 is 5.97 Å². The van der Waals surface area contributed by atoms with Gasteiger partial charge in [-0.3, -0.25) is 14.5 Å². The molecule has 1 aromatic carbocycles. The van der Waals surface area contributed by atoms with Crippen LogP contribution in [0.2, 0.25) is 0 Å². The van der Waals surface area contributed by atoms with E-state index in [-0.39, 0.29) is 12.3 Å². The number of methoxy groups -OCH3 is 1. The third-order valence-electron chi connectivity index (χ3n) is 4.96. The fraction of sp³-hybridized carbons (Fsp3) is 0.381. The number of hydrogen-bond acceptors (Lipinski definition) is 6. The van der Waals surface area contributed by atoms with Crippen molar-refractivity contribution in [3.8, 4) is 5.75 Å². The zero-order valence-electron chi connectivity index (χ0n) is 16.5. The Hall–Kier alpha value is -3.13. The number of piperazine rings is 1. The Morgan fingerprint density at radius 3 is 2.62 bits per heavy atom. The van der Waals surface area contributed by atoms with E-state index < -0.39 is 11.9 Å². The zero-order valence-corrected chi connectivity index (χ0v) is 16.5. The van der Waals surface area contributed by atoms with E-state index >= 15 is 0 Å². The molecule has 1 atom stereocenters. The highest BCUT2D eigenvalue weighted by atomic mass is 16.5. The average molecular weight is 398 g/mol. The second-order valence-corrected chi connectivity index (χ2v) is 7.00. The Morgan fingerprint density at radius 1 is 1.17 bits per heavy atom. The van der Waals surface area contributed by atoms with E-state index in [4.69, 9.17) is 4.74 Å². The van der Waals surface area contributed by atoms with Crippen LogP contribution in [0.15, 0.2) is 48.7 Å². The molecule has 3 rings (SSSR count). The monoisotopic (exact) mass is 398 g/mol. The number of amides is 1. The maximum Gasteiger partial charge on any atom is 0.308 e. The van der Waals surface area contributed by atoms with E-state index in [0.717, 1.165) is 32.0 Å². The standard InChI is InChI=1S/C21H26N4O4/c1-29-18-6-4-5-17(14-18)23-20(26)13-16(21(27)28)15-24-9-11-25(12-10-24)19-7-2-3-8-22-19/h2-8,14,16H,9-13,15H2,1H3,(H,23,26)(H,27,28)/t16-/m1/s1. The fourth-order valence-electron chi connectivity index (χ4n) is 3.38. The molecule has 0 unspecified atom stereocenters. The van der Waals surface area contributed by atoms with Crippen molar-refractivity contribution in [2.45, 2.75) is 6.42 Å². The molecule has 0 spiro atoms. The summed E-state index contributed by atoms with van der Waals surface area (Å²) in [6.07, 6.45) is 1.69. The molecule has 0 bridgehead atoms. The summed E-state index contributed by atoms with van der Waals surface area (Å²) in [6.45, 7) is 3.37. The van der Waals surface area contributed by atoms with Crippen LogP contribution < -0.4 is 15.0 Å². The van der Waals surface area contributed by atoms with Gasteiger partial charge in [0.1, 0.15) is 11.6 Å². The molecule has 2 heterocycles. The van der Waals surface area contributed by atoms with Crippen LogP contribution in [0.5, 0.6) is 5.75 Å². The van der Waals surface area contributed by atoms with E-state index in [1.54, 1.807) is 37.6 Å². The van der Waals surface area contributed by atoms with E-state index in [2.05, 4.69) is 20.1 Å². The number of benzene rings is 1. The number of aromatic nitrogens is 1. The molecule has 8 nitrogen and oxygen atoms in total. The maximum absolute atomic E-state index is 12.4. The first-order valence-electron chi connectivity index (χ1n) is 9.60. The van der Waals surface area contributed by atoms with Gasteiger partial charge in [0.2, 0.25) is 5.91 Å². The van der Waals surface area contributed by atoms with E-state index in [0.29, 0.717) is 18.0 Å². The third kappa shape index (κ3) is 5.92. The molecule has 0 aliphatic carbocycles. The van der Waals surface area contributed by atoms with Gasteiger partial charge in [0.25, 0.3) is 0 Å². The lowest BCUT2D eigenvalue weighted by Gasteiger charge is -2.36. The Morgan fingerprint density at radius 2 is 1.97 bits per heavy atom. The van der Waals surface area contributed by atoms with Gasteiger partial charge < -0.3 is 20.1 Å². The Kier molecular flexibility index (Phi) is 7.02. The first-order chi connectivity index (χ1) is 14.0. The summed E-state index contributed by atoms with van der Waals surface area (Å²) in [7, 11) is 1.55. The normalized spacial score (nSPS) is 15.6. The molecule has 1 amide bonds. The molecule has 29 heavy (non-hydrogen) atoms. The van der Waals surface area contributed by atoms with Crippen LogP contribution in [-0.2, 0) is 9.59 Å². The molecular formula is C21H26N4O4. The van der Waals surface area contributed by atoms with Crippen molar-refractivity contribution >= 4 is 23.4 Å². The lowest BCUT2D eigenvalue weighted by atomic mass is 10.0. The van der Waals surface area contributed by atoms with Crippen molar-refractivity contribution in [1.29, 1.82) is 0 Å². The summed E-state index contributed by atoms with van der Waals surface area (Å²) in [5.41, 5.74) is 0.586. The number of carbonyl (C=O) groups excluding carboxylic acids is 1. The molecule has 8 heteroatoms. The van der Waals surface area contributed by atoms with E-state index in [9.17, 15) is 14.7 Å². The first-order valence-corrected chi connectivity index (χ1v) is 9.60. The van der Waals surface area contributed by atoms with E-state index in [1.165, 1.54) is 0 Å². The van der Waals surface area contributed by atoms with Crippen molar-refractivity contribution in [3.63, 3.8) is 0 Å². The molecule has 2 N–H and O–H groups in total. The minimum atomic E-state index is -0.960. The predicted octanol–water partition coefficient (Wildman–Crippen LogP) is 1.94. The predicted molar refractivity (Wildman–Crippen MR) is 110 cm³/mol. The molecule has 1 aromatic heterocycles. The van der Waals surface area contributed by atoms with Crippen molar-refractivity contribution in [1.82, 2.24) is 9.88 Å². The Labute approximate surface area is 170 Å². The molecule has 0 saturated carbocycles. The molecule has 2 aromatic rings. The lowest BCUT2D eigenvalue weighted by molar-refractivity contribution is -0.144. The van der Waals surface area contributed by atoms with Crippen LogP contribution in [0, 0.1) is 5.92 Å². The number of ether oxygens (including phenoxy) is 1. The van der Waals surface area contributed by atoms with Crippen molar-refractivity contribution < 1.29 is 19.4 Å². The molecule has 1 aliphatic heterocycles. The molecule has 1 saturated heterocycles. The number of hydrogen-bond donors (Lipinski definition) is 2. The maximum atomic E-state index is 12.4. The lowest BCUT2D eigenvalue weighted by Crippen LogP contribution is -2.49. The summed E-state index contributed by atoms with van der Waals surface area (Å²) >= 11 is 0. The number of carboxylic acid groups (broad SMARTS) is 1. The number of rotatable bonds is 8. The van der Waals surface area contributed by atoms with Gasteiger partial charge in [0.15, 0.2) is 0 Å². The van der Waals surface area contributed by atoms with Crippen LogP contribution in [-0.4, -0.2) is 66.7 Å². The van der Waals surface area contributed by atoms with Crippen molar-refractivity contribution in [2.24, 2.45) is 5.92 Å². The summed E-state index contributed by atoms with van der Waals surface area (Å²) in [4.78, 5) is 32.7. The van der Waals surface area contributed by atoms with Gasteiger partial charge in [-0.05, 0) is 24.3 Å². The number of nitrogens with one attached hydrogen (secondary N) is 1. The number of pyridine rings is 1. The van der Waals surface area contributed by atoms with Crippen molar-refractivity contribution in [3.05, 3.63) is 48.7 Å². The summed E-state index contributed by atoms with van der Waals surface area (Å²) in [5.74, 6) is -0.485. The highest BCUT2D eigenvalue weighted by Gasteiger charge is 2.26. The topological polar surface area (TPSA) is 95.0 Å². The molecule has 154 valence electrons. The Balaban J connectivity index is 1.51. The second-order valence-electron chi connectivity index (χ2n) is 7.00. The SMILES string of the molecule is COc1cccc(NC(=O)C[C@H](CN2CCN(c3ccccn3)CC2)C(=O)O)c1. The number of nitrogens with zero attached hydrogens (tertiary/aromatic N) is 3. The second kappa shape index (κ2) is 9.88. The largest absolute Gasteiger partial charge is 0.497 e. The van der Waals surface area contributed by atoms with Gasteiger partial charge in [0.05, 0.1) is 13.0 Å². The van der Waals surface area contributed by atoms with Crippen LogP contribution >= 0.6 is 0 Å². The number of anilines is 2. The molecular weight excluding hydrogens is 372 g/mol. The molecule has 1 fully saturated rings.